The van der Waals surface area contributed by atoms with E-state index in [1.165, 1.54) is 26.4 Å². The van der Waals surface area contributed by atoms with E-state index in [2.05, 4.69) is 29.0 Å². The maximum absolute atomic E-state index is 15.7. The Morgan fingerprint density at radius 2 is 1.56 bits per heavy atom. The SMILES string of the molecule is COc1ccc(Cc2c(O)c(F)cc3c2[nH]c2c3c3c(c4c5cc(F)c(O)cc5n(CCN5[C@H](C)CCC[C@@H]5C)c24)C(=O)NC3=O)c(OC)c1. The van der Waals surface area contributed by atoms with Crippen molar-refractivity contribution in [3.8, 4) is 23.0 Å². The van der Waals surface area contributed by atoms with E-state index < -0.39 is 34.9 Å². The topological polar surface area (TPSA) is 129 Å². The highest BCUT2D eigenvalue weighted by molar-refractivity contribution is 6.39. The van der Waals surface area contributed by atoms with Gasteiger partial charge in [-0.05, 0) is 50.5 Å². The van der Waals surface area contributed by atoms with Gasteiger partial charge in [-0.1, -0.05) is 12.5 Å². The second kappa shape index (κ2) is 11.6. The molecular weight excluding hydrogens is 646 g/mol. The number of nitrogens with one attached hydrogen (secondary N) is 2. The van der Waals surface area contributed by atoms with Crippen LogP contribution in [-0.2, 0) is 13.0 Å². The number of H-pyrrole nitrogens is 1. The number of fused-ring (bicyclic) bond motifs is 10. The van der Waals surface area contributed by atoms with Crippen molar-refractivity contribution in [1.82, 2.24) is 19.8 Å². The summed E-state index contributed by atoms with van der Waals surface area (Å²) in [6, 6.07) is 9.56. The Bertz CT molecular complexity index is 2420. The number of aromatic hydroxyl groups is 2. The van der Waals surface area contributed by atoms with Crippen LogP contribution in [0.5, 0.6) is 23.0 Å². The number of benzene rings is 4. The van der Waals surface area contributed by atoms with E-state index in [0.717, 1.165) is 25.3 Å². The quantitative estimate of drug-likeness (QED) is 0.135. The average molecular weight is 683 g/mol. The van der Waals surface area contributed by atoms with E-state index >= 15 is 8.78 Å². The summed E-state index contributed by atoms with van der Waals surface area (Å²) in [5, 5.41) is 25.5. The van der Waals surface area contributed by atoms with Crippen LogP contribution < -0.4 is 14.8 Å². The number of halogens is 2. The van der Waals surface area contributed by atoms with Gasteiger partial charge in [0.15, 0.2) is 23.1 Å². The summed E-state index contributed by atoms with van der Waals surface area (Å²) < 4.78 is 43.7. The third kappa shape index (κ3) is 4.61. The normalized spacial score (nSPS) is 18.1. The monoisotopic (exact) mass is 682 g/mol. The molecule has 1 saturated heterocycles. The van der Waals surface area contributed by atoms with E-state index in [9.17, 15) is 19.8 Å². The Morgan fingerprint density at radius 3 is 2.26 bits per heavy atom. The minimum absolute atomic E-state index is 0.0348. The standard InChI is InChI=1S/C38H36F2N4O6/c1-17-6-5-7-18(2)43(17)10-11-44-26-16-27(45)24(39)14-21(26)30-32-31(37(47)42-38(32)48)29-22-15-25(40)36(46)23(33(22)41-34(29)35(30)44)12-19-8-9-20(49-3)13-28(19)50-4/h8-9,13-18,41,45-46H,5-7,10-12H2,1-4H3,(H,42,47,48)/t17-,18+. The van der Waals surface area contributed by atoms with Crippen LogP contribution in [0, 0.1) is 11.6 Å². The van der Waals surface area contributed by atoms with Gasteiger partial charge in [0.25, 0.3) is 11.8 Å². The molecule has 0 saturated carbocycles. The number of likely N-dealkylation sites (tertiary alicyclic amines) is 1. The summed E-state index contributed by atoms with van der Waals surface area (Å²) in [5.74, 6) is -3.19. The maximum Gasteiger partial charge on any atom is 0.259 e. The number of hydrogen-bond donors (Lipinski definition) is 4. The molecule has 2 aliphatic rings. The molecule has 50 heavy (non-hydrogen) atoms. The van der Waals surface area contributed by atoms with Crippen LogP contribution in [0.2, 0.25) is 0 Å². The third-order valence-electron chi connectivity index (χ3n) is 10.7. The van der Waals surface area contributed by atoms with Crippen LogP contribution in [-0.4, -0.2) is 69.3 Å². The van der Waals surface area contributed by atoms with Gasteiger partial charge in [-0.3, -0.25) is 19.8 Å². The molecule has 6 aromatic rings. The number of piperidine rings is 1. The Labute approximate surface area is 285 Å². The number of carbonyl (C=O) groups is 2. The number of amides is 2. The number of carbonyl (C=O) groups excluding carboxylic acids is 2. The van der Waals surface area contributed by atoms with Gasteiger partial charge in [0, 0.05) is 70.8 Å². The van der Waals surface area contributed by atoms with Crippen molar-refractivity contribution in [3.63, 3.8) is 0 Å². The van der Waals surface area contributed by atoms with E-state index in [4.69, 9.17) is 9.47 Å². The molecular formula is C38H36F2N4O6. The van der Waals surface area contributed by atoms with Gasteiger partial charge < -0.3 is 29.2 Å². The van der Waals surface area contributed by atoms with E-state index in [-0.39, 0.29) is 23.1 Å². The summed E-state index contributed by atoms with van der Waals surface area (Å²) >= 11 is 0. The van der Waals surface area contributed by atoms with Gasteiger partial charge in [-0.15, -0.1) is 0 Å². The highest BCUT2D eigenvalue weighted by Crippen LogP contribution is 2.47. The summed E-state index contributed by atoms with van der Waals surface area (Å²) in [6.45, 7) is 5.43. The van der Waals surface area contributed by atoms with Crippen molar-refractivity contribution < 1.29 is 38.1 Å². The molecule has 4 N–H and O–H groups in total. The number of aromatic amines is 1. The number of nitrogens with zero attached hydrogens (tertiary/aromatic N) is 2. The van der Waals surface area contributed by atoms with Crippen molar-refractivity contribution >= 4 is 55.4 Å². The van der Waals surface area contributed by atoms with Crippen LogP contribution >= 0.6 is 0 Å². The first-order valence-corrected chi connectivity index (χ1v) is 16.7. The Hall–Kier alpha value is -5.36. The highest BCUT2D eigenvalue weighted by Gasteiger charge is 2.37. The predicted molar refractivity (Wildman–Crippen MR) is 186 cm³/mol. The van der Waals surface area contributed by atoms with Crippen molar-refractivity contribution in [3.05, 3.63) is 70.3 Å². The number of aromatic nitrogens is 2. The molecule has 0 bridgehead atoms. The van der Waals surface area contributed by atoms with Gasteiger partial charge in [0.2, 0.25) is 0 Å². The van der Waals surface area contributed by atoms with Gasteiger partial charge in [0.05, 0.1) is 47.4 Å². The Morgan fingerprint density at radius 1 is 0.860 bits per heavy atom. The van der Waals surface area contributed by atoms with Crippen LogP contribution in [0.25, 0.3) is 43.6 Å². The van der Waals surface area contributed by atoms with Crippen LogP contribution in [0.1, 0.15) is 65.0 Å². The summed E-state index contributed by atoms with van der Waals surface area (Å²) in [7, 11) is 3.03. The third-order valence-corrected chi connectivity index (χ3v) is 10.7. The fourth-order valence-electron chi connectivity index (χ4n) is 8.32. The zero-order valence-corrected chi connectivity index (χ0v) is 28.0. The number of hydrogen-bond acceptors (Lipinski definition) is 7. The molecule has 1 fully saturated rings. The van der Waals surface area contributed by atoms with E-state index in [0.29, 0.717) is 85.8 Å². The summed E-state index contributed by atoms with van der Waals surface area (Å²) in [6.07, 6.45) is 3.30. The fraction of sp³-hybridized carbons (Fsp3) is 0.316. The molecule has 0 radical (unpaired) electrons. The first kappa shape index (κ1) is 31.9. The zero-order valence-electron chi connectivity index (χ0n) is 28.0. The first-order chi connectivity index (χ1) is 24.0. The molecule has 0 aliphatic carbocycles. The molecule has 10 nitrogen and oxygen atoms in total. The smallest absolute Gasteiger partial charge is 0.259 e. The molecule has 2 aliphatic heterocycles. The lowest BCUT2D eigenvalue weighted by atomic mass is 9.95. The number of rotatable bonds is 7. The Kier molecular flexibility index (Phi) is 7.41. The second-order valence-corrected chi connectivity index (χ2v) is 13.4. The number of imide groups is 1. The molecule has 258 valence electrons. The first-order valence-electron chi connectivity index (χ1n) is 16.7. The van der Waals surface area contributed by atoms with Gasteiger partial charge in [-0.2, -0.15) is 0 Å². The minimum atomic E-state index is -0.903. The lowest BCUT2D eigenvalue weighted by Gasteiger charge is -2.39. The average Bonchev–Trinajstić information content (AvgIpc) is 3.71. The van der Waals surface area contributed by atoms with Crippen molar-refractivity contribution in [2.75, 3.05) is 20.8 Å². The van der Waals surface area contributed by atoms with Crippen molar-refractivity contribution in [2.24, 2.45) is 0 Å². The van der Waals surface area contributed by atoms with Crippen LogP contribution in [0.4, 0.5) is 8.78 Å². The highest BCUT2D eigenvalue weighted by atomic mass is 19.1. The number of ether oxygens (including phenoxy) is 2. The number of phenolic OH excluding ortho intramolecular Hbond substituents is 2. The van der Waals surface area contributed by atoms with Gasteiger partial charge in [0.1, 0.15) is 11.5 Å². The molecule has 4 aromatic carbocycles. The van der Waals surface area contributed by atoms with Crippen LogP contribution in [0.15, 0.2) is 36.4 Å². The molecule has 2 amide bonds. The number of phenols is 2. The van der Waals surface area contributed by atoms with Crippen LogP contribution in [0.3, 0.4) is 0 Å². The van der Waals surface area contributed by atoms with E-state index in [1.54, 1.807) is 18.2 Å². The fourth-order valence-corrected chi connectivity index (χ4v) is 8.32. The van der Waals surface area contributed by atoms with Crippen molar-refractivity contribution in [1.29, 1.82) is 0 Å². The lowest BCUT2D eigenvalue weighted by Crippen LogP contribution is -2.45. The molecule has 8 rings (SSSR count). The summed E-state index contributed by atoms with van der Waals surface area (Å²) in [4.78, 5) is 33.0. The minimum Gasteiger partial charge on any atom is -0.505 e. The van der Waals surface area contributed by atoms with Gasteiger partial charge in [-0.25, -0.2) is 8.78 Å². The zero-order chi connectivity index (χ0) is 35.2. The van der Waals surface area contributed by atoms with Crippen molar-refractivity contribution in [2.45, 2.75) is 58.2 Å². The summed E-state index contributed by atoms with van der Waals surface area (Å²) in [5.41, 5.74) is 2.71. The molecule has 4 heterocycles. The molecule has 0 unspecified atom stereocenters. The molecule has 0 spiro atoms. The molecule has 12 heteroatoms. The number of methoxy groups -OCH3 is 2. The molecule has 2 aromatic heterocycles. The Balaban J connectivity index is 1.46. The van der Waals surface area contributed by atoms with E-state index in [1.807, 2.05) is 4.57 Å². The maximum atomic E-state index is 15.7. The van der Waals surface area contributed by atoms with Gasteiger partial charge >= 0.3 is 0 Å². The predicted octanol–water partition coefficient (Wildman–Crippen LogP) is 6.87. The lowest BCUT2D eigenvalue weighted by molar-refractivity contribution is 0.0880. The largest absolute Gasteiger partial charge is 0.505 e. The molecule has 2 atom stereocenters. The second-order valence-electron chi connectivity index (χ2n) is 13.4.